The maximum absolute atomic E-state index is 13.9. The van der Waals surface area contributed by atoms with E-state index in [1.165, 1.54) is 18.6 Å². The highest BCUT2D eigenvalue weighted by Gasteiger charge is 2.43. The predicted octanol–water partition coefficient (Wildman–Crippen LogP) is 3.50. The van der Waals surface area contributed by atoms with Crippen molar-refractivity contribution < 1.29 is 22.1 Å². The van der Waals surface area contributed by atoms with Crippen LogP contribution in [0.3, 0.4) is 0 Å². The number of hydrogen-bond acceptors (Lipinski definition) is 7. The van der Waals surface area contributed by atoms with Crippen molar-refractivity contribution >= 4 is 15.9 Å². The van der Waals surface area contributed by atoms with Gasteiger partial charge in [0.05, 0.1) is 6.61 Å². The van der Waals surface area contributed by atoms with Crippen LogP contribution in [0.25, 0.3) is 0 Å². The Morgan fingerprint density at radius 1 is 1.30 bits per heavy atom. The summed E-state index contributed by atoms with van der Waals surface area (Å²) in [5.74, 6) is 2.45. The van der Waals surface area contributed by atoms with Crippen LogP contribution in [0.5, 0.6) is 5.75 Å². The van der Waals surface area contributed by atoms with E-state index >= 15 is 0 Å². The summed E-state index contributed by atoms with van der Waals surface area (Å²) >= 11 is 0. The fraction of sp³-hybridized carbons (Fsp3) is 0.619. The molecule has 1 saturated heterocycles. The van der Waals surface area contributed by atoms with Gasteiger partial charge in [-0.25, -0.2) is 12.8 Å². The summed E-state index contributed by atoms with van der Waals surface area (Å²) in [5, 5.41) is 3.97. The fourth-order valence-electron chi connectivity index (χ4n) is 4.42. The van der Waals surface area contributed by atoms with Gasteiger partial charge in [-0.2, -0.15) is 4.98 Å². The molecule has 1 aliphatic carbocycles. The normalized spacial score (nSPS) is 22.3. The molecule has 30 heavy (non-hydrogen) atoms. The second kappa shape index (κ2) is 8.53. The molecular formula is C21H28FN3O4S. The number of rotatable bonds is 8. The van der Waals surface area contributed by atoms with E-state index in [0.717, 1.165) is 62.8 Å². The van der Waals surface area contributed by atoms with Gasteiger partial charge in [-0.1, -0.05) is 12.1 Å². The highest BCUT2D eigenvalue weighted by atomic mass is 32.2. The quantitative estimate of drug-likeness (QED) is 0.625. The van der Waals surface area contributed by atoms with Gasteiger partial charge in [0.25, 0.3) is 0 Å². The van der Waals surface area contributed by atoms with Gasteiger partial charge in [-0.15, -0.1) is 0 Å². The first kappa shape index (κ1) is 21.1. The van der Waals surface area contributed by atoms with Crippen LogP contribution in [-0.4, -0.2) is 44.5 Å². The molecule has 1 aromatic heterocycles. The Kier molecular flexibility index (Phi) is 5.99. The minimum Gasteiger partial charge on any atom is -0.493 e. The van der Waals surface area contributed by atoms with Crippen LogP contribution < -0.4 is 9.64 Å². The van der Waals surface area contributed by atoms with Gasteiger partial charge in [0.15, 0.2) is 15.7 Å². The van der Waals surface area contributed by atoms with E-state index in [1.54, 1.807) is 0 Å². The number of piperidine rings is 1. The number of ether oxygens (including phenoxy) is 1. The Labute approximate surface area is 176 Å². The molecule has 2 atom stereocenters. The largest absolute Gasteiger partial charge is 0.493 e. The van der Waals surface area contributed by atoms with E-state index in [9.17, 15) is 12.8 Å². The van der Waals surface area contributed by atoms with Crippen molar-refractivity contribution in [3.8, 4) is 5.75 Å². The topological polar surface area (TPSA) is 85.5 Å². The number of aryl methyl sites for hydroxylation is 1. The van der Waals surface area contributed by atoms with Crippen LogP contribution in [0.1, 0.15) is 38.4 Å². The van der Waals surface area contributed by atoms with Gasteiger partial charge in [0, 0.05) is 31.8 Å². The summed E-state index contributed by atoms with van der Waals surface area (Å²) in [5.41, 5.74) is 0. The third kappa shape index (κ3) is 4.77. The molecule has 1 aromatic carbocycles. The van der Waals surface area contributed by atoms with Crippen molar-refractivity contribution in [1.82, 2.24) is 10.1 Å². The van der Waals surface area contributed by atoms with Crippen molar-refractivity contribution in [1.29, 1.82) is 0 Å². The second-order valence-electron chi connectivity index (χ2n) is 8.33. The van der Waals surface area contributed by atoms with Crippen molar-refractivity contribution in [2.45, 2.75) is 43.9 Å². The van der Waals surface area contributed by atoms with Gasteiger partial charge in [0.2, 0.25) is 0 Å². The third-order valence-electron chi connectivity index (χ3n) is 6.23. The number of nitrogens with zero attached hydrogens (tertiary/aromatic N) is 3. The van der Waals surface area contributed by atoms with E-state index in [-0.39, 0.29) is 4.90 Å². The zero-order valence-corrected chi connectivity index (χ0v) is 18.2. The SMILES string of the molecule is CCc1noc(N2CCC([C@H]3C[C@H]3CCOc3ccc(S(C)(=O)=O)c(F)c3)CC2)n1. The highest BCUT2D eigenvalue weighted by Crippen LogP contribution is 2.49. The van der Waals surface area contributed by atoms with Crippen LogP contribution in [0.4, 0.5) is 10.4 Å². The minimum atomic E-state index is -3.56. The maximum Gasteiger partial charge on any atom is 0.324 e. The molecule has 0 N–H and O–H groups in total. The van der Waals surface area contributed by atoms with E-state index < -0.39 is 15.7 Å². The summed E-state index contributed by atoms with van der Waals surface area (Å²) in [4.78, 5) is 6.30. The van der Waals surface area contributed by atoms with E-state index in [4.69, 9.17) is 9.26 Å². The monoisotopic (exact) mass is 437 g/mol. The highest BCUT2D eigenvalue weighted by molar-refractivity contribution is 7.90. The molecule has 2 aromatic rings. The molecule has 0 radical (unpaired) electrons. The van der Waals surface area contributed by atoms with Gasteiger partial charge >= 0.3 is 6.01 Å². The third-order valence-corrected chi connectivity index (χ3v) is 7.36. The molecule has 9 heteroatoms. The van der Waals surface area contributed by atoms with Crippen LogP contribution in [-0.2, 0) is 16.3 Å². The smallest absolute Gasteiger partial charge is 0.324 e. The zero-order chi connectivity index (χ0) is 21.3. The van der Waals surface area contributed by atoms with Gasteiger partial charge in [-0.05, 0) is 55.6 Å². The van der Waals surface area contributed by atoms with Crippen molar-refractivity contribution in [3.63, 3.8) is 0 Å². The molecule has 2 aliphatic rings. The maximum atomic E-state index is 13.9. The number of hydrogen-bond donors (Lipinski definition) is 0. The fourth-order valence-corrected chi connectivity index (χ4v) is 5.14. The lowest BCUT2D eigenvalue weighted by molar-refractivity contribution is 0.281. The summed E-state index contributed by atoms with van der Waals surface area (Å²) in [6.45, 7) is 4.42. The average Bonchev–Trinajstić information content (AvgIpc) is 3.31. The van der Waals surface area contributed by atoms with Gasteiger partial charge < -0.3 is 14.2 Å². The Hall–Kier alpha value is -2.16. The van der Waals surface area contributed by atoms with Crippen molar-refractivity contribution in [3.05, 3.63) is 29.8 Å². The summed E-state index contributed by atoms with van der Waals surface area (Å²) < 4.78 is 47.9. The Balaban J connectivity index is 1.19. The Bertz CT molecular complexity index is 986. The molecule has 2 fully saturated rings. The molecule has 2 heterocycles. The number of benzene rings is 1. The standard InChI is InChI=1S/C21H28FN3O4S/c1-3-20-23-21(29-24-20)25-9-6-14(7-10-25)17-12-15(17)8-11-28-16-4-5-19(18(22)13-16)30(2,26)27/h4-5,13-15,17H,3,6-12H2,1-2H3/t15-,17-/m1/s1. The average molecular weight is 438 g/mol. The molecule has 1 saturated carbocycles. The Morgan fingerprint density at radius 2 is 2.07 bits per heavy atom. The van der Waals surface area contributed by atoms with Gasteiger partial charge in [-0.3, -0.25) is 0 Å². The molecule has 7 nitrogen and oxygen atoms in total. The molecule has 1 aliphatic heterocycles. The van der Waals surface area contributed by atoms with Crippen LogP contribution in [0.2, 0.25) is 0 Å². The van der Waals surface area contributed by atoms with Crippen LogP contribution >= 0.6 is 0 Å². The lowest BCUT2D eigenvalue weighted by Crippen LogP contribution is -2.34. The molecule has 0 unspecified atom stereocenters. The zero-order valence-electron chi connectivity index (χ0n) is 17.4. The van der Waals surface area contributed by atoms with E-state index in [2.05, 4.69) is 15.0 Å². The molecule has 0 amide bonds. The molecule has 164 valence electrons. The van der Waals surface area contributed by atoms with Crippen LogP contribution in [0, 0.1) is 23.6 Å². The summed E-state index contributed by atoms with van der Waals surface area (Å²) in [6.07, 6.45) is 6.18. The molecule has 0 spiro atoms. The lowest BCUT2D eigenvalue weighted by atomic mass is 9.90. The number of aromatic nitrogens is 2. The molecular weight excluding hydrogens is 409 g/mol. The van der Waals surface area contributed by atoms with E-state index in [0.29, 0.717) is 30.2 Å². The predicted molar refractivity (Wildman–Crippen MR) is 110 cm³/mol. The van der Waals surface area contributed by atoms with Gasteiger partial charge in [0.1, 0.15) is 16.5 Å². The number of anilines is 1. The van der Waals surface area contributed by atoms with Crippen molar-refractivity contribution in [2.24, 2.45) is 17.8 Å². The number of sulfone groups is 1. The first-order valence-corrected chi connectivity index (χ1v) is 12.4. The lowest BCUT2D eigenvalue weighted by Gasteiger charge is -2.30. The molecule has 4 rings (SSSR count). The molecule has 0 bridgehead atoms. The first-order chi connectivity index (χ1) is 14.3. The first-order valence-electron chi connectivity index (χ1n) is 10.5. The number of halogens is 1. The van der Waals surface area contributed by atoms with Crippen LogP contribution in [0.15, 0.2) is 27.6 Å². The second-order valence-corrected chi connectivity index (χ2v) is 10.3. The van der Waals surface area contributed by atoms with E-state index in [1.807, 2.05) is 6.92 Å². The van der Waals surface area contributed by atoms with Crippen molar-refractivity contribution in [2.75, 3.05) is 30.9 Å². The Morgan fingerprint density at radius 3 is 2.70 bits per heavy atom. The minimum absolute atomic E-state index is 0.296. The summed E-state index contributed by atoms with van der Waals surface area (Å²) in [6, 6.07) is 4.57. The summed E-state index contributed by atoms with van der Waals surface area (Å²) in [7, 11) is -3.56.